The second kappa shape index (κ2) is 6.11. The van der Waals surface area contributed by atoms with Crippen LogP contribution < -0.4 is 10.5 Å². The Kier molecular flexibility index (Phi) is 4.56. The smallest absolute Gasteiger partial charge is 0.405 e. The van der Waals surface area contributed by atoms with E-state index in [0.717, 1.165) is 18.2 Å². The summed E-state index contributed by atoms with van der Waals surface area (Å²) in [6.45, 7) is -0.252. The summed E-state index contributed by atoms with van der Waals surface area (Å²) in [6.07, 6.45) is -9.38. The van der Waals surface area contributed by atoms with Gasteiger partial charge in [-0.3, -0.25) is 0 Å². The Bertz CT molecular complexity index is 693. The third-order valence-corrected chi connectivity index (χ3v) is 3.03. The number of nitrogens with two attached hydrogens (primary N) is 1. The maximum Gasteiger partial charge on any atom is 0.573 e. The average Bonchev–Trinajstić information content (AvgIpc) is 2.45. The van der Waals surface area contributed by atoms with E-state index in [2.05, 4.69) is 4.74 Å². The van der Waals surface area contributed by atoms with E-state index < -0.39 is 23.9 Å². The van der Waals surface area contributed by atoms with E-state index in [1.165, 1.54) is 24.3 Å². The van der Waals surface area contributed by atoms with Gasteiger partial charge in [0, 0.05) is 12.1 Å². The highest BCUT2D eigenvalue weighted by molar-refractivity contribution is 5.66. The topological polar surface area (TPSA) is 35.2 Å². The number of hydrogen-bond acceptors (Lipinski definition) is 2. The number of ether oxygens (including phenoxy) is 1. The van der Waals surface area contributed by atoms with Gasteiger partial charge in [-0.15, -0.1) is 13.2 Å². The van der Waals surface area contributed by atoms with Gasteiger partial charge in [-0.25, -0.2) is 0 Å². The summed E-state index contributed by atoms with van der Waals surface area (Å²) in [4.78, 5) is 0. The summed E-state index contributed by atoms with van der Waals surface area (Å²) in [5, 5.41) is 0. The molecule has 0 spiro atoms. The van der Waals surface area contributed by atoms with Crippen LogP contribution >= 0.6 is 0 Å². The lowest BCUT2D eigenvalue weighted by Crippen LogP contribution is -2.18. The molecule has 0 aliphatic rings. The van der Waals surface area contributed by atoms with Crippen molar-refractivity contribution in [1.82, 2.24) is 0 Å². The molecule has 0 radical (unpaired) electrons. The van der Waals surface area contributed by atoms with E-state index in [0.29, 0.717) is 5.56 Å². The molecule has 2 N–H and O–H groups in total. The van der Waals surface area contributed by atoms with Crippen molar-refractivity contribution in [3.05, 3.63) is 53.6 Å². The number of halogens is 6. The van der Waals surface area contributed by atoms with Gasteiger partial charge in [0.05, 0.1) is 5.56 Å². The van der Waals surface area contributed by atoms with Crippen molar-refractivity contribution in [2.45, 2.75) is 19.1 Å². The molecule has 2 aromatic carbocycles. The van der Waals surface area contributed by atoms with E-state index in [-0.39, 0.29) is 17.7 Å². The van der Waals surface area contributed by atoms with Crippen LogP contribution in [0.15, 0.2) is 42.5 Å². The monoisotopic (exact) mass is 335 g/mol. The summed E-state index contributed by atoms with van der Waals surface area (Å²) in [7, 11) is 0. The highest BCUT2D eigenvalue weighted by Gasteiger charge is 2.32. The minimum Gasteiger partial charge on any atom is -0.405 e. The van der Waals surface area contributed by atoms with Crippen LogP contribution in [0.3, 0.4) is 0 Å². The van der Waals surface area contributed by atoms with Gasteiger partial charge >= 0.3 is 12.5 Å². The zero-order valence-corrected chi connectivity index (χ0v) is 11.5. The van der Waals surface area contributed by atoms with E-state index in [9.17, 15) is 26.3 Å². The van der Waals surface area contributed by atoms with Crippen molar-refractivity contribution in [1.29, 1.82) is 0 Å². The first-order valence-electron chi connectivity index (χ1n) is 6.36. The van der Waals surface area contributed by atoms with Crippen LogP contribution in [0.2, 0.25) is 0 Å². The standard InChI is InChI=1S/C15H11F6NO/c16-14(17,18)12-3-1-2-9(7-12)10-4-5-13(11(6-10)8-22)23-15(19,20)21/h1-7H,8,22H2. The Morgan fingerprint density at radius 2 is 1.52 bits per heavy atom. The molecular formula is C15H11F6NO. The van der Waals surface area contributed by atoms with Gasteiger partial charge in [-0.2, -0.15) is 13.2 Å². The van der Waals surface area contributed by atoms with Crippen molar-refractivity contribution >= 4 is 0 Å². The van der Waals surface area contributed by atoms with Crippen molar-refractivity contribution in [3.8, 4) is 16.9 Å². The molecule has 0 atom stereocenters. The molecule has 0 fully saturated rings. The molecule has 23 heavy (non-hydrogen) atoms. The molecule has 2 nitrogen and oxygen atoms in total. The normalized spacial score (nSPS) is 12.3. The highest BCUT2D eigenvalue weighted by atomic mass is 19.4. The van der Waals surface area contributed by atoms with Gasteiger partial charge in [0.2, 0.25) is 0 Å². The predicted molar refractivity (Wildman–Crippen MR) is 71.5 cm³/mol. The first-order valence-corrected chi connectivity index (χ1v) is 6.36. The van der Waals surface area contributed by atoms with Crippen LogP contribution in [0.4, 0.5) is 26.3 Å². The van der Waals surface area contributed by atoms with Crippen LogP contribution in [0.25, 0.3) is 11.1 Å². The fourth-order valence-corrected chi connectivity index (χ4v) is 2.02. The zero-order chi connectivity index (χ0) is 17.3. The van der Waals surface area contributed by atoms with E-state index in [4.69, 9.17) is 5.73 Å². The Morgan fingerprint density at radius 1 is 0.870 bits per heavy atom. The van der Waals surface area contributed by atoms with Gasteiger partial charge in [0.1, 0.15) is 5.75 Å². The van der Waals surface area contributed by atoms with Gasteiger partial charge in [-0.1, -0.05) is 18.2 Å². The molecule has 0 amide bonds. The molecular weight excluding hydrogens is 324 g/mol. The highest BCUT2D eigenvalue weighted by Crippen LogP contribution is 2.34. The van der Waals surface area contributed by atoms with Crippen molar-refractivity contribution in [2.75, 3.05) is 0 Å². The average molecular weight is 335 g/mol. The largest absolute Gasteiger partial charge is 0.573 e. The fourth-order valence-electron chi connectivity index (χ4n) is 2.02. The molecule has 0 bridgehead atoms. The molecule has 0 aliphatic carbocycles. The maximum absolute atomic E-state index is 12.7. The fraction of sp³-hybridized carbons (Fsp3) is 0.200. The van der Waals surface area contributed by atoms with Crippen molar-refractivity contribution in [3.63, 3.8) is 0 Å². The third kappa shape index (κ3) is 4.38. The summed E-state index contributed by atoms with van der Waals surface area (Å²) in [6, 6.07) is 8.03. The lowest BCUT2D eigenvalue weighted by Gasteiger charge is -2.14. The van der Waals surface area contributed by atoms with Crippen LogP contribution in [0, 0.1) is 0 Å². The third-order valence-electron chi connectivity index (χ3n) is 3.03. The second-order valence-electron chi connectivity index (χ2n) is 4.65. The first kappa shape index (κ1) is 17.1. The number of benzene rings is 2. The van der Waals surface area contributed by atoms with Crippen molar-refractivity contribution < 1.29 is 31.1 Å². The zero-order valence-electron chi connectivity index (χ0n) is 11.5. The summed E-state index contributed by atoms with van der Waals surface area (Å²) >= 11 is 0. The van der Waals surface area contributed by atoms with Crippen LogP contribution in [-0.2, 0) is 12.7 Å². The van der Waals surface area contributed by atoms with E-state index in [1.807, 2.05) is 0 Å². The Morgan fingerprint density at radius 3 is 2.09 bits per heavy atom. The number of rotatable bonds is 3. The van der Waals surface area contributed by atoms with Gasteiger partial charge in [-0.05, 0) is 35.4 Å². The van der Waals surface area contributed by atoms with Crippen LogP contribution in [0.1, 0.15) is 11.1 Å². The summed E-state index contributed by atoms with van der Waals surface area (Å²) in [5.41, 5.74) is 5.11. The quantitative estimate of drug-likeness (QED) is 0.823. The van der Waals surface area contributed by atoms with Crippen molar-refractivity contribution in [2.24, 2.45) is 5.73 Å². The maximum atomic E-state index is 12.7. The summed E-state index contributed by atoms with van der Waals surface area (Å²) < 4.78 is 78.8. The Hall–Kier alpha value is -2.22. The second-order valence-corrected chi connectivity index (χ2v) is 4.65. The Balaban J connectivity index is 2.42. The predicted octanol–water partition coefficient (Wildman–Crippen LogP) is 4.73. The molecule has 0 aromatic heterocycles. The molecule has 0 unspecified atom stereocenters. The lowest BCUT2D eigenvalue weighted by atomic mass is 10.0. The van der Waals surface area contributed by atoms with E-state index >= 15 is 0 Å². The summed E-state index contributed by atoms with van der Waals surface area (Å²) in [5.74, 6) is -0.476. The van der Waals surface area contributed by atoms with Crippen LogP contribution in [-0.4, -0.2) is 6.36 Å². The molecule has 0 saturated heterocycles. The molecule has 124 valence electrons. The Labute approximate surface area is 127 Å². The number of hydrogen-bond donors (Lipinski definition) is 1. The minimum absolute atomic E-state index is 0.0391. The molecule has 2 rings (SSSR count). The number of alkyl halides is 6. The SMILES string of the molecule is NCc1cc(-c2cccc(C(F)(F)F)c2)ccc1OC(F)(F)F. The molecule has 8 heteroatoms. The molecule has 0 saturated carbocycles. The molecule has 0 heterocycles. The molecule has 2 aromatic rings. The minimum atomic E-state index is -4.87. The lowest BCUT2D eigenvalue weighted by molar-refractivity contribution is -0.274. The van der Waals surface area contributed by atoms with E-state index in [1.54, 1.807) is 0 Å². The van der Waals surface area contributed by atoms with Crippen LogP contribution in [0.5, 0.6) is 5.75 Å². The van der Waals surface area contributed by atoms with Gasteiger partial charge < -0.3 is 10.5 Å². The first-order chi connectivity index (χ1) is 10.6. The van der Waals surface area contributed by atoms with Gasteiger partial charge in [0.25, 0.3) is 0 Å². The van der Waals surface area contributed by atoms with Gasteiger partial charge in [0.15, 0.2) is 0 Å². The molecule has 0 aliphatic heterocycles.